The zero-order valence-electron chi connectivity index (χ0n) is 11.0. The Morgan fingerprint density at radius 3 is 2.59 bits per heavy atom. The predicted octanol–water partition coefficient (Wildman–Crippen LogP) is -0.507. The van der Waals surface area contributed by atoms with Crippen molar-refractivity contribution < 1.29 is 58.9 Å². The Kier molecular flexibility index (Phi) is 11.5. The first-order valence-electron chi connectivity index (χ1n) is 5.64. The van der Waals surface area contributed by atoms with Crippen molar-refractivity contribution in [2.45, 2.75) is 58.2 Å². The second-order valence-electron chi connectivity index (χ2n) is 4.91. The van der Waals surface area contributed by atoms with Crippen molar-refractivity contribution in [2.24, 2.45) is 0 Å². The van der Waals surface area contributed by atoms with E-state index in [9.17, 15) is 4.79 Å². The first kappa shape index (κ1) is 20.2. The number of carbonyl (C=O) groups excluding carboxylic acids is 1. The van der Waals surface area contributed by atoms with E-state index in [4.69, 9.17) is 9.47 Å². The van der Waals surface area contributed by atoms with Crippen molar-refractivity contribution in [1.29, 1.82) is 0 Å². The molecule has 0 aliphatic carbocycles. The van der Waals surface area contributed by atoms with Crippen LogP contribution in [0.25, 0.3) is 0 Å². The van der Waals surface area contributed by atoms with Crippen molar-refractivity contribution in [3.05, 3.63) is 6.42 Å². The van der Waals surface area contributed by atoms with Gasteiger partial charge in [-0.1, -0.05) is 0 Å². The van der Waals surface area contributed by atoms with Crippen LogP contribution in [-0.4, -0.2) is 24.3 Å². The van der Waals surface area contributed by atoms with Gasteiger partial charge in [0.15, 0.2) is 0 Å². The molecule has 0 bridgehead atoms. The van der Waals surface area contributed by atoms with E-state index < -0.39 is 0 Å². The van der Waals surface area contributed by atoms with Gasteiger partial charge in [-0.25, -0.2) is 0 Å². The predicted molar refractivity (Wildman–Crippen MR) is 58.4 cm³/mol. The minimum Gasteiger partial charge on any atom is -1.00 e. The molecule has 1 aliphatic rings. The number of hydrogen-bond donors (Lipinski definition) is 0. The molecule has 0 saturated carbocycles. The van der Waals surface area contributed by atoms with Gasteiger partial charge in [0.05, 0.1) is 6.10 Å². The van der Waals surface area contributed by atoms with Gasteiger partial charge >= 0.3 is 33.6 Å². The summed E-state index contributed by atoms with van der Waals surface area (Å²) in [6.07, 6.45) is 5.77. The van der Waals surface area contributed by atoms with Gasteiger partial charge in [-0.05, 0) is 46.5 Å². The van der Waals surface area contributed by atoms with Crippen LogP contribution in [0.1, 0.15) is 46.5 Å². The summed E-state index contributed by atoms with van der Waals surface area (Å²) in [5, 5.41) is 0. The summed E-state index contributed by atoms with van der Waals surface area (Å²) in [5.41, 5.74) is -0.374. The zero-order valence-corrected chi connectivity index (χ0v) is 18.1. The van der Waals surface area contributed by atoms with E-state index >= 15 is 0 Å². The average molecular weight is 494 g/mol. The molecule has 0 amide bonds. The molecule has 1 aliphatic heterocycles. The van der Waals surface area contributed by atoms with Crippen molar-refractivity contribution in [2.75, 3.05) is 6.61 Å². The van der Waals surface area contributed by atoms with Gasteiger partial charge in [0.2, 0.25) is 0 Å². The van der Waals surface area contributed by atoms with Crippen molar-refractivity contribution in [3.8, 4) is 0 Å². The van der Waals surface area contributed by atoms with Crippen LogP contribution in [0.5, 0.6) is 0 Å². The monoisotopic (exact) mass is 494 g/mol. The molecular formula is C12H21BrHgO3. The number of esters is 1. The molecule has 0 spiro atoms. The summed E-state index contributed by atoms with van der Waals surface area (Å²) in [5.74, 6) is -0.128. The summed E-state index contributed by atoms with van der Waals surface area (Å²) in [4.78, 5) is 11.3. The number of rotatable bonds is 4. The van der Waals surface area contributed by atoms with Gasteiger partial charge < -0.3 is 26.5 Å². The maximum atomic E-state index is 11.3. The minimum atomic E-state index is -0.374. The Labute approximate surface area is 135 Å². The molecule has 2 radical (unpaired) electrons. The van der Waals surface area contributed by atoms with Gasteiger partial charge in [-0.15, -0.1) is 0 Å². The van der Waals surface area contributed by atoms with Gasteiger partial charge in [0.1, 0.15) is 5.60 Å². The summed E-state index contributed by atoms with van der Waals surface area (Å²) in [7, 11) is 0. The van der Waals surface area contributed by atoms with Crippen LogP contribution >= 0.6 is 0 Å². The average Bonchev–Trinajstić information content (AvgIpc) is 2.53. The van der Waals surface area contributed by atoms with Crippen LogP contribution in [0.3, 0.4) is 0 Å². The molecule has 1 saturated heterocycles. The molecular weight excluding hydrogens is 473 g/mol. The van der Waals surface area contributed by atoms with Gasteiger partial charge in [0.25, 0.3) is 0 Å². The van der Waals surface area contributed by atoms with E-state index in [0.717, 1.165) is 25.9 Å². The van der Waals surface area contributed by atoms with Crippen molar-refractivity contribution in [3.63, 3.8) is 0 Å². The van der Waals surface area contributed by atoms with Gasteiger partial charge in [-0.2, -0.15) is 0 Å². The molecule has 1 rings (SSSR count). The van der Waals surface area contributed by atoms with Gasteiger partial charge in [0, 0.05) is 13.0 Å². The van der Waals surface area contributed by atoms with Crippen LogP contribution in [0, 0.1) is 6.42 Å². The topological polar surface area (TPSA) is 35.5 Å². The Hall–Kier alpha value is 0.845. The molecule has 0 aromatic carbocycles. The van der Waals surface area contributed by atoms with Crippen LogP contribution in [0.2, 0.25) is 0 Å². The third kappa shape index (κ3) is 10.5. The molecule has 5 heteroatoms. The Morgan fingerprint density at radius 1 is 1.47 bits per heavy atom. The quantitative estimate of drug-likeness (QED) is 0.391. The number of hydrogen-bond acceptors (Lipinski definition) is 3. The standard InChI is InChI=1S/C12H21O3.BrH.Hg/c1-12(2,3)15-11(13)8-4-6-10-7-5-9-14-10;;/h6,10H,4-5,7-9H2,1-3H3;1H;/q;;+1/p-1/t10-;;/m1../s1. The third-order valence-corrected chi connectivity index (χ3v) is 2.16. The summed E-state index contributed by atoms with van der Waals surface area (Å²) in [6.45, 7) is 6.51. The molecule has 0 N–H and O–H groups in total. The first-order valence-corrected chi connectivity index (χ1v) is 5.64. The van der Waals surface area contributed by atoms with Gasteiger partial charge in [-0.3, -0.25) is 4.79 Å². The number of carbonyl (C=O) groups is 1. The SMILES string of the molecule is CC(C)(C)OC(=O)CC[CH][C@@H]1CCCO1.[Br-].[Hg+]. The second kappa shape index (κ2) is 9.73. The maximum Gasteiger partial charge on any atom is 1.00 e. The van der Waals surface area contributed by atoms with Crippen LogP contribution in [0.15, 0.2) is 0 Å². The second-order valence-corrected chi connectivity index (χ2v) is 4.91. The molecule has 96 valence electrons. The third-order valence-electron chi connectivity index (χ3n) is 2.16. The van der Waals surface area contributed by atoms with Crippen LogP contribution in [-0.2, 0) is 41.9 Å². The van der Waals surface area contributed by atoms with Crippen molar-refractivity contribution in [1.82, 2.24) is 0 Å². The Bertz CT molecular complexity index is 210. The Balaban J connectivity index is 0. The van der Waals surface area contributed by atoms with Crippen LogP contribution < -0.4 is 17.0 Å². The van der Waals surface area contributed by atoms with E-state index in [-0.39, 0.29) is 62.3 Å². The van der Waals surface area contributed by atoms with E-state index in [1.807, 2.05) is 20.8 Å². The maximum absolute atomic E-state index is 11.3. The fourth-order valence-electron chi connectivity index (χ4n) is 1.57. The van der Waals surface area contributed by atoms with E-state index in [1.165, 1.54) is 0 Å². The molecule has 1 fully saturated rings. The molecule has 1 heterocycles. The van der Waals surface area contributed by atoms with E-state index in [2.05, 4.69) is 6.42 Å². The summed E-state index contributed by atoms with van der Waals surface area (Å²) < 4.78 is 10.6. The smallest absolute Gasteiger partial charge is 1.00 e. The molecule has 0 aromatic heterocycles. The molecule has 3 nitrogen and oxygen atoms in total. The van der Waals surface area contributed by atoms with Crippen LogP contribution in [0.4, 0.5) is 0 Å². The molecule has 1 atom stereocenters. The summed E-state index contributed by atoms with van der Waals surface area (Å²) in [6, 6.07) is 0. The fraction of sp³-hybridized carbons (Fsp3) is 0.833. The first-order chi connectivity index (χ1) is 6.97. The Morgan fingerprint density at radius 2 is 2.12 bits per heavy atom. The molecule has 17 heavy (non-hydrogen) atoms. The molecule has 0 unspecified atom stereocenters. The van der Waals surface area contributed by atoms with E-state index in [1.54, 1.807) is 0 Å². The fourth-order valence-corrected chi connectivity index (χ4v) is 1.57. The zero-order chi connectivity index (χ0) is 11.3. The number of ether oxygens (including phenoxy) is 2. The minimum absolute atomic E-state index is 0. The summed E-state index contributed by atoms with van der Waals surface area (Å²) >= 11 is 0. The number of halogens is 1. The largest absolute Gasteiger partial charge is 1.00 e. The van der Waals surface area contributed by atoms with Crippen molar-refractivity contribution >= 4 is 5.97 Å². The molecule has 0 aromatic rings. The normalized spacial score (nSPS) is 19.1. The van der Waals surface area contributed by atoms with E-state index in [0.29, 0.717) is 6.42 Å².